The van der Waals surface area contributed by atoms with E-state index >= 15 is 0 Å². The van der Waals surface area contributed by atoms with Gasteiger partial charge in [-0.15, -0.1) is 0 Å². The van der Waals surface area contributed by atoms with Gasteiger partial charge < -0.3 is 10.4 Å². The number of rotatable bonds is 4. The highest BCUT2D eigenvalue weighted by atomic mass is 35.5. The van der Waals surface area contributed by atoms with Crippen LogP contribution in [0.3, 0.4) is 0 Å². The summed E-state index contributed by atoms with van der Waals surface area (Å²) in [5.41, 5.74) is 1.95. The normalized spacial score (nSPS) is 12.3. The Balaban J connectivity index is 2.03. The molecule has 0 aliphatic heterocycles. The van der Waals surface area contributed by atoms with Gasteiger partial charge in [0.2, 0.25) is 0 Å². The Morgan fingerprint density at radius 1 is 1.11 bits per heavy atom. The summed E-state index contributed by atoms with van der Waals surface area (Å²) in [5, 5.41) is 13.9. The fourth-order valence-electron chi connectivity index (χ4n) is 1.87. The molecule has 2 aromatic rings. The standard InChI is InChI=1S/C15H16ClNO/c1-11(13-7-3-5-9-15(13)18)17-10-12-6-2-4-8-14(12)16/h2-9,11,17-18H,10H2,1H3. The Bertz CT molecular complexity index is 527. The molecule has 2 aromatic carbocycles. The van der Waals surface area contributed by atoms with Gasteiger partial charge in [-0.1, -0.05) is 48.0 Å². The molecule has 0 radical (unpaired) electrons. The molecule has 0 saturated carbocycles. The molecule has 2 rings (SSSR count). The summed E-state index contributed by atoms with van der Waals surface area (Å²) in [7, 11) is 0. The molecule has 0 aliphatic rings. The van der Waals surface area contributed by atoms with Gasteiger partial charge in [-0.25, -0.2) is 0 Å². The van der Waals surface area contributed by atoms with Crippen molar-refractivity contribution >= 4 is 11.6 Å². The predicted octanol–water partition coefficient (Wildman–Crippen LogP) is 3.90. The van der Waals surface area contributed by atoms with Gasteiger partial charge in [0.15, 0.2) is 0 Å². The Morgan fingerprint density at radius 2 is 1.78 bits per heavy atom. The van der Waals surface area contributed by atoms with Crippen LogP contribution in [0.15, 0.2) is 48.5 Å². The van der Waals surface area contributed by atoms with Crippen molar-refractivity contribution in [3.8, 4) is 5.75 Å². The molecular weight excluding hydrogens is 246 g/mol. The molecule has 0 saturated heterocycles. The summed E-state index contributed by atoms with van der Waals surface area (Å²) in [6, 6.07) is 15.2. The van der Waals surface area contributed by atoms with E-state index in [9.17, 15) is 5.11 Å². The minimum absolute atomic E-state index is 0.0717. The van der Waals surface area contributed by atoms with E-state index in [1.54, 1.807) is 6.07 Å². The SMILES string of the molecule is CC(NCc1ccccc1Cl)c1ccccc1O. The number of aromatic hydroxyl groups is 1. The molecule has 2 nitrogen and oxygen atoms in total. The van der Waals surface area contributed by atoms with E-state index < -0.39 is 0 Å². The Labute approximate surface area is 112 Å². The second-order valence-corrected chi connectivity index (χ2v) is 4.66. The monoisotopic (exact) mass is 261 g/mol. The zero-order chi connectivity index (χ0) is 13.0. The van der Waals surface area contributed by atoms with Crippen molar-refractivity contribution < 1.29 is 5.11 Å². The van der Waals surface area contributed by atoms with Crippen LogP contribution in [0.1, 0.15) is 24.1 Å². The quantitative estimate of drug-likeness (QED) is 0.875. The highest BCUT2D eigenvalue weighted by molar-refractivity contribution is 6.31. The zero-order valence-corrected chi connectivity index (χ0v) is 11.0. The van der Waals surface area contributed by atoms with Gasteiger partial charge in [-0.2, -0.15) is 0 Å². The molecule has 0 spiro atoms. The van der Waals surface area contributed by atoms with Gasteiger partial charge in [-0.05, 0) is 24.6 Å². The first kappa shape index (κ1) is 12.9. The van der Waals surface area contributed by atoms with Gasteiger partial charge >= 0.3 is 0 Å². The second kappa shape index (κ2) is 5.89. The third kappa shape index (κ3) is 3.03. The molecule has 0 heterocycles. The van der Waals surface area contributed by atoms with Crippen molar-refractivity contribution in [2.45, 2.75) is 19.5 Å². The van der Waals surface area contributed by atoms with Crippen LogP contribution in [0.5, 0.6) is 5.75 Å². The first-order chi connectivity index (χ1) is 8.68. The van der Waals surface area contributed by atoms with E-state index in [0.29, 0.717) is 12.3 Å². The lowest BCUT2D eigenvalue weighted by Crippen LogP contribution is -2.18. The van der Waals surface area contributed by atoms with Crippen molar-refractivity contribution in [1.82, 2.24) is 5.32 Å². The van der Waals surface area contributed by atoms with E-state index in [1.165, 1.54) is 0 Å². The number of benzene rings is 2. The number of hydrogen-bond acceptors (Lipinski definition) is 2. The maximum absolute atomic E-state index is 9.77. The van der Waals surface area contributed by atoms with Crippen molar-refractivity contribution in [2.75, 3.05) is 0 Å². The fourth-order valence-corrected chi connectivity index (χ4v) is 2.07. The smallest absolute Gasteiger partial charge is 0.120 e. The van der Waals surface area contributed by atoms with Crippen LogP contribution in [0.2, 0.25) is 5.02 Å². The van der Waals surface area contributed by atoms with Crippen molar-refractivity contribution in [3.63, 3.8) is 0 Å². The van der Waals surface area contributed by atoms with E-state index in [4.69, 9.17) is 11.6 Å². The fraction of sp³-hybridized carbons (Fsp3) is 0.200. The number of para-hydroxylation sites is 1. The molecule has 0 aromatic heterocycles. The van der Waals surface area contributed by atoms with Crippen molar-refractivity contribution in [2.24, 2.45) is 0 Å². The summed E-state index contributed by atoms with van der Waals surface area (Å²) in [5.74, 6) is 0.316. The average Bonchev–Trinajstić information content (AvgIpc) is 2.38. The molecule has 0 fully saturated rings. The molecular formula is C15H16ClNO. The molecule has 18 heavy (non-hydrogen) atoms. The lowest BCUT2D eigenvalue weighted by Gasteiger charge is -2.16. The van der Waals surface area contributed by atoms with Gasteiger partial charge in [0.1, 0.15) is 5.75 Å². The van der Waals surface area contributed by atoms with Gasteiger partial charge in [0.25, 0.3) is 0 Å². The highest BCUT2D eigenvalue weighted by Crippen LogP contribution is 2.24. The molecule has 1 unspecified atom stereocenters. The molecule has 3 heteroatoms. The van der Waals surface area contributed by atoms with Crippen LogP contribution >= 0.6 is 11.6 Å². The van der Waals surface area contributed by atoms with Gasteiger partial charge in [0, 0.05) is 23.2 Å². The van der Waals surface area contributed by atoms with Crippen LogP contribution in [0.25, 0.3) is 0 Å². The molecule has 2 N–H and O–H groups in total. The summed E-state index contributed by atoms with van der Waals surface area (Å²) in [6.07, 6.45) is 0. The van der Waals surface area contributed by atoms with Crippen molar-refractivity contribution in [3.05, 3.63) is 64.7 Å². The number of nitrogens with one attached hydrogen (secondary N) is 1. The first-order valence-corrected chi connectivity index (χ1v) is 6.31. The second-order valence-electron chi connectivity index (χ2n) is 4.25. The zero-order valence-electron chi connectivity index (χ0n) is 10.2. The van der Waals surface area contributed by atoms with Gasteiger partial charge in [-0.3, -0.25) is 0 Å². The Morgan fingerprint density at radius 3 is 2.50 bits per heavy atom. The predicted molar refractivity (Wildman–Crippen MR) is 74.8 cm³/mol. The number of halogens is 1. The van der Waals surface area contributed by atoms with E-state index in [1.807, 2.05) is 49.4 Å². The van der Waals surface area contributed by atoms with E-state index in [0.717, 1.165) is 16.1 Å². The molecule has 1 atom stereocenters. The first-order valence-electron chi connectivity index (χ1n) is 5.93. The maximum Gasteiger partial charge on any atom is 0.120 e. The van der Waals surface area contributed by atoms with E-state index in [2.05, 4.69) is 5.32 Å². The van der Waals surface area contributed by atoms with Crippen LogP contribution in [-0.2, 0) is 6.54 Å². The number of phenols is 1. The van der Waals surface area contributed by atoms with Crippen LogP contribution < -0.4 is 5.32 Å². The summed E-state index contributed by atoms with van der Waals surface area (Å²) in [6.45, 7) is 2.70. The largest absolute Gasteiger partial charge is 0.508 e. The molecule has 0 aliphatic carbocycles. The van der Waals surface area contributed by atoms with Crippen LogP contribution in [0, 0.1) is 0 Å². The van der Waals surface area contributed by atoms with Gasteiger partial charge in [0.05, 0.1) is 0 Å². The van der Waals surface area contributed by atoms with Crippen LogP contribution in [0.4, 0.5) is 0 Å². The Kier molecular flexibility index (Phi) is 4.24. The lowest BCUT2D eigenvalue weighted by molar-refractivity contribution is 0.452. The Hall–Kier alpha value is -1.51. The summed E-state index contributed by atoms with van der Waals surface area (Å²) >= 11 is 6.10. The maximum atomic E-state index is 9.77. The lowest BCUT2D eigenvalue weighted by atomic mass is 10.1. The average molecular weight is 262 g/mol. The van der Waals surface area contributed by atoms with Crippen molar-refractivity contribution in [1.29, 1.82) is 0 Å². The topological polar surface area (TPSA) is 32.3 Å². The number of phenolic OH excluding ortho intramolecular Hbond substituents is 1. The third-order valence-electron chi connectivity index (χ3n) is 2.96. The summed E-state index contributed by atoms with van der Waals surface area (Å²) < 4.78 is 0. The summed E-state index contributed by atoms with van der Waals surface area (Å²) in [4.78, 5) is 0. The molecule has 0 bridgehead atoms. The molecule has 0 amide bonds. The highest BCUT2D eigenvalue weighted by Gasteiger charge is 2.09. The minimum Gasteiger partial charge on any atom is -0.508 e. The van der Waals surface area contributed by atoms with E-state index in [-0.39, 0.29) is 6.04 Å². The number of hydrogen-bond donors (Lipinski definition) is 2. The third-order valence-corrected chi connectivity index (χ3v) is 3.33. The minimum atomic E-state index is 0.0717. The molecule has 94 valence electrons. The van der Waals surface area contributed by atoms with Crippen LogP contribution in [-0.4, -0.2) is 5.11 Å².